The zero-order valence-corrected chi connectivity index (χ0v) is 15.0. The van der Waals surface area contributed by atoms with Gasteiger partial charge in [-0.3, -0.25) is 9.59 Å². The number of halogens is 1. The SMILES string of the molecule is CCC(=O)c1ccc(C(=O)N2C[C@@H](N)[C@H](c3ccccc3)C2)cc1.Cl. The van der Waals surface area contributed by atoms with Gasteiger partial charge < -0.3 is 10.6 Å². The van der Waals surface area contributed by atoms with Crippen molar-refractivity contribution in [2.45, 2.75) is 25.3 Å². The van der Waals surface area contributed by atoms with Gasteiger partial charge in [0, 0.05) is 42.6 Å². The summed E-state index contributed by atoms with van der Waals surface area (Å²) in [4.78, 5) is 26.2. The maximum Gasteiger partial charge on any atom is 0.253 e. The van der Waals surface area contributed by atoms with Crippen LogP contribution in [0.1, 0.15) is 45.5 Å². The van der Waals surface area contributed by atoms with Crippen LogP contribution in [0.2, 0.25) is 0 Å². The largest absolute Gasteiger partial charge is 0.336 e. The Bertz CT molecular complexity index is 731. The number of nitrogens with two attached hydrogens (primary N) is 1. The average Bonchev–Trinajstić information content (AvgIpc) is 3.03. The van der Waals surface area contributed by atoms with Crippen LogP contribution in [0.3, 0.4) is 0 Å². The fourth-order valence-electron chi connectivity index (χ4n) is 3.23. The molecule has 0 saturated carbocycles. The van der Waals surface area contributed by atoms with E-state index in [0.29, 0.717) is 30.6 Å². The molecule has 4 nitrogen and oxygen atoms in total. The number of nitrogens with zero attached hydrogens (tertiary/aromatic N) is 1. The second kappa shape index (κ2) is 8.28. The molecule has 1 amide bonds. The van der Waals surface area contributed by atoms with Gasteiger partial charge in [-0.15, -0.1) is 12.4 Å². The van der Waals surface area contributed by atoms with E-state index in [1.54, 1.807) is 29.2 Å². The molecule has 25 heavy (non-hydrogen) atoms. The Balaban J connectivity index is 0.00000225. The van der Waals surface area contributed by atoms with Crippen LogP contribution >= 0.6 is 12.4 Å². The summed E-state index contributed by atoms with van der Waals surface area (Å²) in [5.74, 6) is 0.219. The number of likely N-dealkylation sites (tertiary alicyclic amines) is 1. The molecule has 132 valence electrons. The van der Waals surface area contributed by atoms with Crippen molar-refractivity contribution in [3.63, 3.8) is 0 Å². The first-order valence-corrected chi connectivity index (χ1v) is 8.33. The van der Waals surface area contributed by atoms with Crippen LogP contribution in [0.5, 0.6) is 0 Å². The molecule has 5 heteroatoms. The molecule has 1 aliphatic rings. The lowest BCUT2D eigenvalue weighted by Gasteiger charge is -2.16. The van der Waals surface area contributed by atoms with Gasteiger partial charge >= 0.3 is 0 Å². The highest BCUT2D eigenvalue weighted by Gasteiger charge is 2.34. The van der Waals surface area contributed by atoms with E-state index in [4.69, 9.17) is 5.73 Å². The predicted octanol–water partition coefficient (Wildman–Crippen LogP) is 3.27. The fraction of sp³-hybridized carbons (Fsp3) is 0.300. The Morgan fingerprint density at radius 1 is 1.00 bits per heavy atom. The Morgan fingerprint density at radius 3 is 2.20 bits per heavy atom. The van der Waals surface area contributed by atoms with Crippen molar-refractivity contribution in [2.75, 3.05) is 13.1 Å². The summed E-state index contributed by atoms with van der Waals surface area (Å²) in [6.45, 7) is 3.00. The molecular weight excluding hydrogens is 336 g/mol. The first kappa shape index (κ1) is 19.2. The van der Waals surface area contributed by atoms with E-state index in [0.717, 1.165) is 0 Å². The number of hydrogen-bond acceptors (Lipinski definition) is 3. The molecule has 2 aromatic carbocycles. The van der Waals surface area contributed by atoms with Crippen LogP contribution < -0.4 is 5.73 Å². The second-order valence-corrected chi connectivity index (χ2v) is 6.25. The molecule has 2 atom stereocenters. The molecule has 0 aliphatic carbocycles. The third-order valence-electron chi connectivity index (χ3n) is 4.65. The molecule has 0 unspecified atom stereocenters. The number of amides is 1. The molecule has 2 aromatic rings. The minimum absolute atomic E-state index is 0. The first-order chi connectivity index (χ1) is 11.6. The molecule has 1 heterocycles. The third-order valence-corrected chi connectivity index (χ3v) is 4.65. The van der Waals surface area contributed by atoms with Crippen LogP contribution in [0.4, 0.5) is 0 Å². The molecule has 0 aromatic heterocycles. The summed E-state index contributed by atoms with van der Waals surface area (Å²) in [6.07, 6.45) is 0.465. The van der Waals surface area contributed by atoms with E-state index in [1.807, 2.05) is 25.1 Å². The van der Waals surface area contributed by atoms with Crippen molar-refractivity contribution in [1.29, 1.82) is 0 Å². The summed E-state index contributed by atoms with van der Waals surface area (Å²) in [5.41, 5.74) is 8.68. The van der Waals surface area contributed by atoms with Gasteiger partial charge in [0.1, 0.15) is 0 Å². The van der Waals surface area contributed by atoms with E-state index in [1.165, 1.54) is 5.56 Å². The van der Waals surface area contributed by atoms with E-state index in [9.17, 15) is 9.59 Å². The summed E-state index contributed by atoms with van der Waals surface area (Å²) >= 11 is 0. The van der Waals surface area contributed by atoms with Crippen LogP contribution in [0, 0.1) is 0 Å². The van der Waals surface area contributed by atoms with Gasteiger partial charge in [-0.2, -0.15) is 0 Å². The quantitative estimate of drug-likeness (QED) is 0.853. The maximum atomic E-state index is 12.7. The summed E-state index contributed by atoms with van der Waals surface area (Å²) < 4.78 is 0. The zero-order valence-electron chi connectivity index (χ0n) is 14.2. The van der Waals surface area contributed by atoms with Crippen molar-refractivity contribution in [3.8, 4) is 0 Å². The molecule has 0 radical (unpaired) electrons. The van der Waals surface area contributed by atoms with Crippen LogP contribution in [-0.2, 0) is 0 Å². The van der Waals surface area contributed by atoms with Gasteiger partial charge in [-0.1, -0.05) is 49.4 Å². The number of Topliss-reactive ketones (excluding diaryl/α,β-unsaturated/α-hetero) is 1. The van der Waals surface area contributed by atoms with Gasteiger partial charge in [0.05, 0.1) is 0 Å². The van der Waals surface area contributed by atoms with Crippen molar-refractivity contribution in [3.05, 3.63) is 71.3 Å². The number of ketones is 1. The van der Waals surface area contributed by atoms with Gasteiger partial charge in [0.15, 0.2) is 5.78 Å². The molecule has 0 bridgehead atoms. The van der Waals surface area contributed by atoms with Crippen molar-refractivity contribution in [2.24, 2.45) is 5.73 Å². The maximum absolute atomic E-state index is 12.7. The smallest absolute Gasteiger partial charge is 0.253 e. The van der Waals surface area contributed by atoms with Crippen LogP contribution in [-0.4, -0.2) is 35.7 Å². The Labute approximate surface area is 154 Å². The third kappa shape index (κ3) is 4.09. The van der Waals surface area contributed by atoms with E-state index in [-0.39, 0.29) is 36.1 Å². The Kier molecular flexibility index (Phi) is 6.34. The van der Waals surface area contributed by atoms with Gasteiger partial charge in [0.25, 0.3) is 5.91 Å². The molecular formula is C20H23ClN2O2. The summed E-state index contributed by atoms with van der Waals surface area (Å²) in [7, 11) is 0. The second-order valence-electron chi connectivity index (χ2n) is 6.25. The normalized spacial score (nSPS) is 19.4. The number of rotatable bonds is 4. The average molecular weight is 359 g/mol. The fourth-order valence-corrected chi connectivity index (χ4v) is 3.23. The van der Waals surface area contributed by atoms with Gasteiger partial charge in [-0.05, 0) is 17.7 Å². The van der Waals surface area contributed by atoms with E-state index in [2.05, 4.69) is 12.1 Å². The number of carbonyl (C=O) groups is 2. The van der Waals surface area contributed by atoms with E-state index >= 15 is 0 Å². The highest BCUT2D eigenvalue weighted by molar-refractivity contribution is 5.98. The highest BCUT2D eigenvalue weighted by atomic mass is 35.5. The lowest BCUT2D eigenvalue weighted by molar-refractivity contribution is 0.0788. The van der Waals surface area contributed by atoms with Crippen LogP contribution in [0.25, 0.3) is 0 Å². The van der Waals surface area contributed by atoms with E-state index < -0.39 is 0 Å². The lowest BCUT2D eigenvalue weighted by Crippen LogP contribution is -2.32. The number of carbonyl (C=O) groups excluding carboxylic acids is 2. The molecule has 3 rings (SSSR count). The Morgan fingerprint density at radius 2 is 1.60 bits per heavy atom. The lowest BCUT2D eigenvalue weighted by atomic mass is 9.95. The Hall–Kier alpha value is -2.17. The highest BCUT2D eigenvalue weighted by Crippen LogP contribution is 2.27. The molecule has 1 aliphatic heterocycles. The topological polar surface area (TPSA) is 63.4 Å². The first-order valence-electron chi connectivity index (χ1n) is 8.33. The van der Waals surface area contributed by atoms with Crippen LogP contribution in [0.15, 0.2) is 54.6 Å². The van der Waals surface area contributed by atoms with Gasteiger partial charge in [0.2, 0.25) is 0 Å². The predicted molar refractivity (Wildman–Crippen MR) is 101 cm³/mol. The number of benzene rings is 2. The standard InChI is InChI=1S/C20H22N2O2.ClH/c1-2-19(23)15-8-10-16(11-9-15)20(24)22-12-17(18(21)13-22)14-6-4-3-5-7-14;/h3-11,17-18H,2,12-13,21H2,1H3;1H/t17-,18+;/m0./s1. The number of hydrogen-bond donors (Lipinski definition) is 1. The molecule has 1 saturated heterocycles. The minimum Gasteiger partial charge on any atom is -0.336 e. The van der Waals surface area contributed by atoms with Crippen molar-refractivity contribution >= 4 is 24.1 Å². The zero-order chi connectivity index (χ0) is 17.1. The van der Waals surface area contributed by atoms with Crippen molar-refractivity contribution < 1.29 is 9.59 Å². The van der Waals surface area contributed by atoms with Gasteiger partial charge in [-0.25, -0.2) is 0 Å². The minimum atomic E-state index is -0.0581. The molecule has 2 N–H and O–H groups in total. The monoisotopic (exact) mass is 358 g/mol. The molecule has 1 fully saturated rings. The molecule has 0 spiro atoms. The van der Waals surface area contributed by atoms with Crippen molar-refractivity contribution in [1.82, 2.24) is 4.90 Å². The summed E-state index contributed by atoms with van der Waals surface area (Å²) in [6, 6.07) is 16.9. The summed E-state index contributed by atoms with van der Waals surface area (Å²) in [5, 5.41) is 0.